The second-order valence-corrected chi connectivity index (χ2v) is 6.68. The smallest absolute Gasteiger partial charge is 0.256 e. The van der Waals surface area contributed by atoms with Crippen molar-refractivity contribution in [1.29, 1.82) is 0 Å². The molecule has 1 aliphatic heterocycles. The number of aromatic nitrogens is 1. The third-order valence-corrected chi connectivity index (χ3v) is 4.84. The van der Waals surface area contributed by atoms with Gasteiger partial charge in [-0.3, -0.25) is 9.59 Å². The Balaban J connectivity index is 1.67. The summed E-state index contributed by atoms with van der Waals surface area (Å²) >= 11 is 0. The van der Waals surface area contributed by atoms with Crippen LogP contribution in [0.15, 0.2) is 54.7 Å². The largest absolute Gasteiger partial charge is 0.395 e. The lowest BCUT2D eigenvalue weighted by Crippen LogP contribution is -2.27. The van der Waals surface area contributed by atoms with Crippen LogP contribution in [0.5, 0.6) is 0 Å². The van der Waals surface area contributed by atoms with Gasteiger partial charge < -0.3 is 20.3 Å². The maximum absolute atomic E-state index is 12.4. The van der Waals surface area contributed by atoms with Crippen LogP contribution in [0.25, 0.3) is 22.6 Å². The van der Waals surface area contributed by atoms with Gasteiger partial charge in [0.2, 0.25) is 5.91 Å². The van der Waals surface area contributed by atoms with Gasteiger partial charge in [0.05, 0.1) is 6.61 Å². The number of carbonyl (C=O) groups is 2. The van der Waals surface area contributed by atoms with Gasteiger partial charge in [-0.15, -0.1) is 0 Å². The first-order valence-electron chi connectivity index (χ1n) is 9.25. The minimum Gasteiger partial charge on any atom is -0.395 e. The third-order valence-electron chi connectivity index (χ3n) is 4.84. The molecular weight excluding hydrogens is 354 g/mol. The first kappa shape index (κ1) is 18.0. The molecule has 3 N–H and O–H groups in total. The molecule has 0 unspecified atom stereocenters. The Morgan fingerprint density at radius 2 is 1.93 bits per heavy atom. The number of hydrogen-bond donors (Lipinski definition) is 3. The molecule has 0 bridgehead atoms. The molecule has 2 heterocycles. The highest BCUT2D eigenvalue weighted by Gasteiger charge is 2.23. The first-order chi connectivity index (χ1) is 13.7. The van der Waals surface area contributed by atoms with Gasteiger partial charge in [-0.1, -0.05) is 36.4 Å². The van der Waals surface area contributed by atoms with Crippen molar-refractivity contribution in [2.24, 2.45) is 0 Å². The molecule has 0 saturated carbocycles. The van der Waals surface area contributed by atoms with Crippen LogP contribution in [0.4, 0.5) is 5.69 Å². The fourth-order valence-electron chi connectivity index (χ4n) is 3.52. The van der Waals surface area contributed by atoms with Crippen molar-refractivity contribution in [2.45, 2.75) is 13.0 Å². The summed E-state index contributed by atoms with van der Waals surface area (Å²) in [6, 6.07) is 15.6. The number of aryl methyl sites for hydroxylation is 1. The van der Waals surface area contributed by atoms with Crippen LogP contribution in [-0.2, 0) is 16.1 Å². The average molecular weight is 375 g/mol. The summed E-state index contributed by atoms with van der Waals surface area (Å²) in [5, 5.41) is 15.4. The Kier molecular flexibility index (Phi) is 4.95. The van der Waals surface area contributed by atoms with Crippen molar-refractivity contribution in [3.05, 3.63) is 65.9 Å². The summed E-state index contributed by atoms with van der Waals surface area (Å²) in [4.78, 5) is 24.3. The lowest BCUT2D eigenvalue weighted by atomic mass is 10.0. The van der Waals surface area contributed by atoms with E-state index in [1.165, 1.54) is 0 Å². The Labute approximate surface area is 162 Å². The van der Waals surface area contributed by atoms with E-state index in [2.05, 4.69) is 10.6 Å². The normalized spacial score (nSPS) is 14.3. The topological polar surface area (TPSA) is 83.4 Å². The summed E-state index contributed by atoms with van der Waals surface area (Å²) in [5.74, 6) is -0.211. The molecule has 1 aromatic heterocycles. The zero-order chi connectivity index (χ0) is 19.5. The number of anilines is 1. The average Bonchev–Trinajstić information content (AvgIpc) is 3.23. The van der Waals surface area contributed by atoms with E-state index in [0.717, 1.165) is 27.7 Å². The lowest BCUT2D eigenvalue weighted by Gasteiger charge is -2.06. The number of aliphatic hydroxyl groups is 1. The Bertz CT molecular complexity index is 1080. The summed E-state index contributed by atoms with van der Waals surface area (Å²) < 4.78 is 2.03. The fourth-order valence-corrected chi connectivity index (χ4v) is 3.52. The Morgan fingerprint density at radius 1 is 1.14 bits per heavy atom. The number of benzene rings is 2. The van der Waals surface area contributed by atoms with Crippen LogP contribution in [-0.4, -0.2) is 34.6 Å². The molecule has 1 aliphatic rings. The quantitative estimate of drug-likeness (QED) is 0.579. The Morgan fingerprint density at radius 3 is 2.79 bits per heavy atom. The SMILES string of the molecule is O=C(CCn1cc(C=C2C(=O)Nc3ccccc32)c2ccccc21)NCCO. The van der Waals surface area contributed by atoms with E-state index in [0.29, 0.717) is 18.5 Å². The summed E-state index contributed by atoms with van der Waals surface area (Å²) in [5.41, 5.74) is 4.30. The second kappa shape index (κ2) is 7.70. The van der Waals surface area contributed by atoms with Crippen LogP contribution >= 0.6 is 0 Å². The third kappa shape index (κ3) is 3.42. The van der Waals surface area contributed by atoms with Crippen molar-refractivity contribution in [2.75, 3.05) is 18.5 Å². The zero-order valence-electron chi connectivity index (χ0n) is 15.3. The number of nitrogens with zero attached hydrogens (tertiary/aromatic N) is 1. The van der Waals surface area contributed by atoms with E-state index >= 15 is 0 Å². The van der Waals surface area contributed by atoms with Gasteiger partial charge in [0.1, 0.15) is 0 Å². The number of hydrogen-bond acceptors (Lipinski definition) is 3. The van der Waals surface area contributed by atoms with Gasteiger partial charge in [0.25, 0.3) is 5.91 Å². The van der Waals surface area contributed by atoms with Crippen LogP contribution in [0.1, 0.15) is 17.5 Å². The van der Waals surface area contributed by atoms with E-state index in [1.54, 1.807) is 0 Å². The number of nitrogens with one attached hydrogen (secondary N) is 2. The van der Waals surface area contributed by atoms with E-state index in [1.807, 2.05) is 65.4 Å². The molecule has 0 atom stereocenters. The number of amides is 2. The first-order valence-corrected chi connectivity index (χ1v) is 9.25. The Hall–Kier alpha value is -3.38. The van der Waals surface area contributed by atoms with E-state index < -0.39 is 0 Å². The number of carbonyl (C=O) groups excluding carboxylic acids is 2. The highest BCUT2D eigenvalue weighted by Crippen LogP contribution is 2.34. The predicted octanol–water partition coefficient (Wildman–Crippen LogP) is 2.63. The molecular formula is C22H21N3O3. The van der Waals surface area contributed by atoms with Crippen molar-refractivity contribution in [3.63, 3.8) is 0 Å². The molecule has 6 nitrogen and oxygen atoms in total. The van der Waals surface area contributed by atoms with E-state index in [9.17, 15) is 9.59 Å². The summed E-state index contributed by atoms with van der Waals surface area (Å²) in [6.45, 7) is 0.709. The van der Waals surface area contributed by atoms with Crippen LogP contribution in [0.2, 0.25) is 0 Å². The minimum atomic E-state index is -0.110. The number of aliphatic hydroxyl groups excluding tert-OH is 1. The standard InChI is InChI=1S/C22H21N3O3/c26-12-10-23-21(27)9-11-25-14-15(16-5-2-4-8-20(16)25)13-18-17-6-1-3-7-19(17)24-22(18)28/h1-8,13-14,26H,9-12H2,(H,23,27)(H,24,28). The second-order valence-electron chi connectivity index (χ2n) is 6.68. The fraction of sp³-hybridized carbons (Fsp3) is 0.182. The van der Waals surface area contributed by atoms with Crippen LogP contribution in [0, 0.1) is 0 Å². The van der Waals surface area contributed by atoms with Gasteiger partial charge in [-0.2, -0.15) is 0 Å². The molecule has 0 saturated heterocycles. The maximum atomic E-state index is 12.4. The highest BCUT2D eigenvalue weighted by molar-refractivity contribution is 6.35. The number of rotatable bonds is 6. The lowest BCUT2D eigenvalue weighted by molar-refractivity contribution is -0.121. The van der Waals surface area contributed by atoms with E-state index in [4.69, 9.17) is 5.11 Å². The van der Waals surface area contributed by atoms with Gasteiger partial charge in [0, 0.05) is 59.0 Å². The van der Waals surface area contributed by atoms with Gasteiger partial charge in [0.15, 0.2) is 0 Å². The maximum Gasteiger partial charge on any atom is 0.256 e. The number of para-hydroxylation sites is 2. The predicted molar refractivity (Wildman–Crippen MR) is 110 cm³/mol. The zero-order valence-corrected chi connectivity index (χ0v) is 15.3. The molecule has 28 heavy (non-hydrogen) atoms. The highest BCUT2D eigenvalue weighted by atomic mass is 16.3. The van der Waals surface area contributed by atoms with Crippen molar-refractivity contribution >= 4 is 40.1 Å². The molecule has 0 fully saturated rings. The minimum absolute atomic E-state index is 0.0700. The molecule has 6 heteroatoms. The van der Waals surface area contributed by atoms with Gasteiger partial charge in [-0.05, 0) is 18.2 Å². The van der Waals surface area contributed by atoms with Crippen molar-refractivity contribution in [3.8, 4) is 0 Å². The number of fused-ring (bicyclic) bond motifs is 2. The summed E-state index contributed by atoms with van der Waals surface area (Å²) in [7, 11) is 0. The van der Waals surface area contributed by atoms with Gasteiger partial charge in [-0.25, -0.2) is 0 Å². The molecule has 0 radical (unpaired) electrons. The van der Waals surface area contributed by atoms with E-state index in [-0.39, 0.29) is 25.0 Å². The molecule has 2 aromatic carbocycles. The summed E-state index contributed by atoms with van der Waals surface area (Å²) in [6.07, 6.45) is 4.20. The van der Waals surface area contributed by atoms with Crippen LogP contribution < -0.4 is 10.6 Å². The van der Waals surface area contributed by atoms with Crippen molar-refractivity contribution < 1.29 is 14.7 Å². The monoisotopic (exact) mass is 375 g/mol. The van der Waals surface area contributed by atoms with Crippen LogP contribution in [0.3, 0.4) is 0 Å². The molecule has 2 amide bonds. The van der Waals surface area contributed by atoms with Crippen molar-refractivity contribution in [1.82, 2.24) is 9.88 Å². The molecule has 4 rings (SSSR count). The van der Waals surface area contributed by atoms with Gasteiger partial charge >= 0.3 is 0 Å². The molecule has 0 spiro atoms. The molecule has 0 aliphatic carbocycles. The molecule has 142 valence electrons. The molecule has 3 aromatic rings.